The monoisotopic (exact) mass is 525 g/mol. The Bertz CT molecular complexity index is 1640. The third-order valence-corrected chi connectivity index (χ3v) is 7.50. The van der Waals surface area contributed by atoms with E-state index < -0.39 is 0 Å². The number of pyridine rings is 2. The molecule has 0 saturated heterocycles. The number of amides is 1. The SMILES string of the molecule is O=C(Nc1cc(NCc2cn3cc(C4CC4)ccc3n2)c(Cl)cn1)C1CC1c1ccccc1-n1cnnn1. The van der Waals surface area contributed by atoms with Gasteiger partial charge in [0.25, 0.3) is 0 Å². The lowest BCUT2D eigenvalue weighted by molar-refractivity contribution is -0.117. The predicted octanol–water partition coefficient (Wildman–Crippen LogP) is 4.59. The molecule has 38 heavy (non-hydrogen) atoms. The highest BCUT2D eigenvalue weighted by atomic mass is 35.5. The normalized spacial score (nSPS) is 18.4. The molecule has 2 aliphatic rings. The highest BCUT2D eigenvalue weighted by Crippen LogP contribution is 2.49. The van der Waals surface area contributed by atoms with Crippen LogP contribution in [0, 0.1) is 5.92 Å². The maximum absolute atomic E-state index is 13.0. The van der Waals surface area contributed by atoms with Crippen molar-refractivity contribution in [1.82, 2.24) is 34.6 Å². The van der Waals surface area contributed by atoms with Gasteiger partial charge in [0.2, 0.25) is 5.91 Å². The standard InChI is InChI=1S/C27H24ClN9O/c28-22-12-30-25(10-23(22)29-11-18-14-36-13-17(16-5-6-16)7-8-26(36)32-18)33-27(38)21-9-20(21)19-3-1-2-4-24(19)37-15-31-34-35-37/h1-4,7-8,10,12-16,20-21H,5-6,9,11H2,(H2,29,30,33,38). The van der Waals surface area contributed by atoms with Gasteiger partial charge in [-0.15, -0.1) is 5.10 Å². The Hall–Kier alpha value is -4.31. The minimum absolute atomic E-state index is 0.0749. The first-order chi connectivity index (χ1) is 18.6. The summed E-state index contributed by atoms with van der Waals surface area (Å²) in [6.45, 7) is 0.496. The zero-order valence-electron chi connectivity index (χ0n) is 20.3. The molecule has 1 amide bonds. The van der Waals surface area contributed by atoms with Crippen molar-refractivity contribution in [1.29, 1.82) is 0 Å². The molecule has 7 rings (SSSR count). The number of rotatable bonds is 8. The van der Waals surface area contributed by atoms with Crippen molar-refractivity contribution in [3.8, 4) is 5.69 Å². The van der Waals surface area contributed by atoms with E-state index in [1.165, 1.54) is 18.4 Å². The van der Waals surface area contributed by atoms with Gasteiger partial charge in [0.15, 0.2) is 0 Å². The maximum atomic E-state index is 13.0. The number of hydrogen-bond donors (Lipinski definition) is 2. The van der Waals surface area contributed by atoms with Crippen LogP contribution < -0.4 is 10.6 Å². The number of aromatic nitrogens is 7. The van der Waals surface area contributed by atoms with Crippen LogP contribution in [0.3, 0.4) is 0 Å². The molecule has 2 fully saturated rings. The van der Waals surface area contributed by atoms with E-state index in [0.717, 1.165) is 29.0 Å². The highest BCUT2D eigenvalue weighted by Gasteiger charge is 2.45. The third-order valence-electron chi connectivity index (χ3n) is 7.20. The first kappa shape index (κ1) is 22.9. The van der Waals surface area contributed by atoms with Crippen molar-refractivity contribution in [3.05, 3.63) is 89.2 Å². The Labute approximate surface area is 223 Å². The van der Waals surface area contributed by atoms with Crippen molar-refractivity contribution in [2.75, 3.05) is 10.6 Å². The van der Waals surface area contributed by atoms with Crippen LogP contribution in [0.2, 0.25) is 5.02 Å². The van der Waals surface area contributed by atoms with Crippen LogP contribution in [0.4, 0.5) is 11.5 Å². The Morgan fingerprint density at radius 2 is 2.03 bits per heavy atom. The second-order valence-electron chi connectivity index (χ2n) is 9.89. The van der Waals surface area contributed by atoms with Crippen LogP contribution in [0.5, 0.6) is 0 Å². The van der Waals surface area contributed by atoms with Crippen molar-refractivity contribution in [2.45, 2.75) is 37.6 Å². The van der Waals surface area contributed by atoms with Gasteiger partial charge in [-0.1, -0.05) is 35.9 Å². The summed E-state index contributed by atoms with van der Waals surface area (Å²) in [5.41, 5.74) is 5.79. The molecule has 2 unspecified atom stereocenters. The summed E-state index contributed by atoms with van der Waals surface area (Å²) in [4.78, 5) is 22.1. The summed E-state index contributed by atoms with van der Waals surface area (Å²) >= 11 is 6.40. The topological polar surface area (TPSA) is 115 Å². The van der Waals surface area contributed by atoms with Crippen molar-refractivity contribution in [2.24, 2.45) is 5.92 Å². The smallest absolute Gasteiger partial charge is 0.229 e. The number of fused-ring (bicyclic) bond motifs is 1. The lowest BCUT2D eigenvalue weighted by Gasteiger charge is -2.11. The molecule has 2 aliphatic carbocycles. The number of anilines is 2. The molecule has 2 N–H and O–H groups in total. The fourth-order valence-corrected chi connectivity index (χ4v) is 5.13. The number of carbonyl (C=O) groups excluding carboxylic acids is 1. The Balaban J connectivity index is 1.02. The highest BCUT2D eigenvalue weighted by molar-refractivity contribution is 6.33. The van der Waals surface area contributed by atoms with Crippen LogP contribution in [0.25, 0.3) is 11.3 Å². The molecule has 4 aromatic heterocycles. The lowest BCUT2D eigenvalue weighted by Crippen LogP contribution is -2.16. The van der Waals surface area contributed by atoms with Gasteiger partial charge in [0.05, 0.1) is 34.8 Å². The summed E-state index contributed by atoms with van der Waals surface area (Å²) in [6, 6.07) is 13.9. The van der Waals surface area contributed by atoms with E-state index in [1.54, 1.807) is 23.3 Å². The van der Waals surface area contributed by atoms with Crippen LogP contribution in [-0.4, -0.2) is 40.5 Å². The summed E-state index contributed by atoms with van der Waals surface area (Å²) in [5.74, 6) is 1.01. The Morgan fingerprint density at radius 3 is 2.87 bits per heavy atom. The molecular formula is C27H24ClN9O. The Morgan fingerprint density at radius 1 is 1.13 bits per heavy atom. The van der Waals surface area contributed by atoms with Crippen LogP contribution in [0.1, 0.15) is 47.9 Å². The second-order valence-corrected chi connectivity index (χ2v) is 10.3. The summed E-state index contributed by atoms with van der Waals surface area (Å²) < 4.78 is 3.70. The van der Waals surface area contributed by atoms with Gasteiger partial charge in [-0.3, -0.25) is 4.79 Å². The molecule has 2 atom stereocenters. The predicted molar refractivity (Wildman–Crippen MR) is 142 cm³/mol. The van der Waals surface area contributed by atoms with E-state index in [4.69, 9.17) is 16.6 Å². The van der Waals surface area contributed by atoms with E-state index in [0.29, 0.717) is 29.0 Å². The minimum Gasteiger partial charge on any atom is -0.378 e. The summed E-state index contributed by atoms with van der Waals surface area (Å²) in [6.07, 6.45) is 10.6. The van der Waals surface area contributed by atoms with Crippen molar-refractivity contribution < 1.29 is 4.79 Å². The fraction of sp³-hybridized carbons (Fsp3) is 0.259. The number of carbonyl (C=O) groups is 1. The van der Waals surface area contributed by atoms with Gasteiger partial charge in [-0.05, 0) is 64.8 Å². The fourth-order valence-electron chi connectivity index (χ4n) is 4.96. The molecule has 2 saturated carbocycles. The molecule has 11 heteroatoms. The number of nitrogens with zero attached hydrogens (tertiary/aromatic N) is 7. The first-order valence-electron chi connectivity index (χ1n) is 12.6. The second kappa shape index (κ2) is 9.21. The minimum atomic E-state index is -0.153. The third kappa shape index (κ3) is 4.47. The maximum Gasteiger partial charge on any atom is 0.229 e. The molecule has 0 aliphatic heterocycles. The first-order valence-corrected chi connectivity index (χ1v) is 13.0. The molecule has 0 spiro atoms. The van der Waals surface area contributed by atoms with Crippen LogP contribution in [0.15, 0.2) is 67.4 Å². The van der Waals surface area contributed by atoms with Crippen LogP contribution in [-0.2, 0) is 11.3 Å². The molecule has 1 aromatic carbocycles. The number of halogens is 1. The van der Waals surface area contributed by atoms with E-state index >= 15 is 0 Å². The molecule has 190 valence electrons. The van der Waals surface area contributed by atoms with Gasteiger partial charge in [0, 0.05) is 24.4 Å². The van der Waals surface area contributed by atoms with E-state index in [-0.39, 0.29) is 17.7 Å². The van der Waals surface area contributed by atoms with E-state index in [2.05, 4.69) is 53.9 Å². The van der Waals surface area contributed by atoms with Gasteiger partial charge in [-0.2, -0.15) is 0 Å². The number of benzene rings is 1. The molecule has 4 heterocycles. The summed E-state index contributed by atoms with van der Waals surface area (Å²) in [7, 11) is 0. The van der Waals surface area contributed by atoms with Crippen molar-refractivity contribution in [3.63, 3.8) is 0 Å². The molecule has 10 nitrogen and oxygen atoms in total. The van der Waals surface area contributed by atoms with Crippen molar-refractivity contribution >= 4 is 34.7 Å². The molecule has 5 aromatic rings. The average molecular weight is 526 g/mol. The number of para-hydroxylation sites is 1. The number of hydrogen-bond acceptors (Lipinski definition) is 7. The number of tetrazole rings is 1. The lowest BCUT2D eigenvalue weighted by atomic mass is 10.1. The number of imidazole rings is 1. The summed E-state index contributed by atoms with van der Waals surface area (Å²) in [5, 5.41) is 18.2. The molecule has 0 bridgehead atoms. The van der Waals surface area contributed by atoms with Gasteiger partial charge >= 0.3 is 0 Å². The zero-order chi connectivity index (χ0) is 25.6. The largest absolute Gasteiger partial charge is 0.378 e. The van der Waals surface area contributed by atoms with E-state index in [9.17, 15) is 4.79 Å². The van der Waals surface area contributed by atoms with E-state index in [1.807, 2.05) is 30.5 Å². The van der Waals surface area contributed by atoms with Gasteiger partial charge in [0.1, 0.15) is 17.8 Å². The average Bonchev–Trinajstić information content (AvgIpc) is 3.84. The molecule has 0 radical (unpaired) electrons. The van der Waals surface area contributed by atoms with Crippen LogP contribution >= 0.6 is 11.6 Å². The quantitative estimate of drug-likeness (QED) is 0.304. The Kier molecular flexibility index (Phi) is 5.54. The number of nitrogens with one attached hydrogen (secondary N) is 2. The van der Waals surface area contributed by atoms with Gasteiger partial charge < -0.3 is 15.0 Å². The molecular weight excluding hydrogens is 502 g/mol. The zero-order valence-corrected chi connectivity index (χ0v) is 21.1. The van der Waals surface area contributed by atoms with Gasteiger partial charge in [-0.25, -0.2) is 14.6 Å².